The molecule has 2 amide bonds. The van der Waals surface area contributed by atoms with E-state index in [9.17, 15) is 32.7 Å². The zero-order chi connectivity index (χ0) is 30.0. The molecule has 1 N–H and O–H groups in total. The van der Waals surface area contributed by atoms with Crippen LogP contribution in [0.1, 0.15) is 62.3 Å². The smallest absolute Gasteiger partial charge is 0.390 e. The van der Waals surface area contributed by atoms with Gasteiger partial charge in [0.2, 0.25) is 11.8 Å². The number of aliphatic carboxylic acids is 1. The molecule has 0 aliphatic carbocycles. The molecule has 40 heavy (non-hydrogen) atoms. The van der Waals surface area contributed by atoms with E-state index in [1.807, 2.05) is 13.8 Å². The minimum atomic E-state index is -4.44. The predicted octanol–water partition coefficient (Wildman–Crippen LogP) is 6.83. The van der Waals surface area contributed by atoms with Gasteiger partial charge in [-0.15, -0.1) is 0 Å². The summed E-state index contributed by atoms with van der Waals surface area (Å²) in [4.78, 5) is 37.8. The second-order valence-corrected chi connectivity index (χ2v) is 9.82. The molecule has 1 saturated heterocycles. The van der Waals surface area contributed by atoms with Crippen molar-refractivity contribution >= 4 is 41.0 Å². The van der Waals surface area contributed by atoms with Gasteiger partial charge in [0.05, 0.1) is 29.4 Å². The molecule has 1 unspecified atom stereocenters. The van der Waals surface area contributed by atoms with Gasteiger partial charge in [-0.2, -0.15) is 13.2 Å². The molecular weight excluding hydrogens is 572 g/mol. The standard InChI is InChI=1S/C26H27Cl2F3N2O5.C2H6/c1-16-12-17(2-5-22(16)38-11-10-33-23(34)6-7-24(33)35)15-32(9-8-26(29,30)31)21(14-25(36)37)18-3-4-19(27)20(28)13-18;1-2/h2-5,12-13,21H,6-11,14-15H2,1H3,(H,36,37);1-2H3. The van der Waals surface area contributed by atoms with E-state index >= 15 is 0 Å². The molecule has 0 aromatic heterocycles. The average molecular weight is 605 g/mol. The molecular formula is C28H33Cl2F3N2O5. The number of rotatable bonds is 12. The van der Waals surface area contributed by atoms with Gasteiger partial charge in [0.1, 0.15) is 12.4 Å². The van der Waals surface area contributed by atoms with E-state index in [4.69, 9.17) is 27.9 Å². The highest BCUT2D eigenvalue weighted by Crippen LogP contribution is 2.33. The van der Waals surface area contributed by atoms with Crippen LogP contribution >= 0.6 is 23.2 Å². The zero-order valence-electron chi connectivity index (χ0n) is 22.6. The minimum absolute atomic E-state index is 0.0339. The maximum Gasteiger partial charge on any atom is 0.390 e. The van der Waals surface area contributed by atoms with Gasteiger partial charge in [-0.1, -0.05) is 55.2 Å². The molecule has 0 saturated carbocycles. The van der Waals surface area contributed by atoms with Crippen LogP contribution in [0.25, 0.3) is 0 Å². The van der Waals surface area contributed by atoms with Gasteiger partial charge in [-0.05, 0) is 41.8 Å². The molecule has 0 spiro atoms. The number of hydrogen-bond acceptors (Lipinski definition) is 5. The van der Waals surface area contributed by atoms with Crippen LogP contribution in [0.4, 0.5) is 13.2 Å². The highest BCUT2D eigenvalue weighted by Gasteiger charge is 2.32. The first-order valence-corrected chi connectivity index (χ1v) is 13.6. The number of likely N-dealkylation sites (tertiary alicyclic amines) is 1. The largest absolute Gasteiger partial charge is 0.491 e. The Morgan fingerprint density at radius 3 is 2.27 bits per heavy atom. The van der Waals surface area contributed by atoms with E-state index in [0.29, 0.717) is 22.4 Å². The SMILES string of the molecule is CC.Cc1cc(CN(CCC(F)(F)F)C(CC(=O)O)c2ccc(Cl)c(Cl)c2)ccc1OCCN1C(=O)CCC1=O. The lowest BCUT2D eigenvalue weighted by molar-refractivity contribution is -0.143. The number of imide groups is 1. The Morgan fingerprint density at radius 2 is 1.73 bits per heavy atom. The van der Waals surface area contributed by atoms with E-state index < -0.39 is 37.6 Å². The summed E-state index contributed by atoms with van der Waals surface area (Å²) in [6.07, 6.45) is -5.61. The van der Waals surface area contributed by atoms with Gasteiger partial charge in [0, 0.05) is 32.0 Å². The summed E-state index contributed by atoms with van der Waals surface area (Å²) in [5.74, 6) is -1.14. The predicted molar refractivity (Wildman–Crippen MR) is 147 cm³/mol. The molecule has 1 aliphatic heterocycles. The number of carboxylic acids is 1. The van der Waals surface area contributed by atoms with Gasteiger partial charge in [-0.25, -0.2) is 0 Å². The number of nitrogens with zero attached hydrogens (tertiary/aromatic N) is 2. The molecule has 3 rings (SSSR count). The van der Waals surface area contributed by atoms with E-state index in [1.54, 1.807) is 31.2 Å². The number of ether oxygens (including phenoxy) is 1. The molecule has 1 aliphatic rings. The summed E-state index contributed by atoms with van der Waals surface area (Å²) >= 11 is 12.1. The lowest BCUT2D eigenvalue weighted by atomic mass is 10.00. The topological polar surface area (TPSA) is 87.2 Å². The van der Waals surface area contributed by atoms with Crippen molar-refractivity contribution in [1.82, 2.24) is 9.80 Å². The van der Waals surface area contributed by atoms with Crippen LogP contribution in [0.15, 0.2) is 36.4 Å². The minimum Gasteiger partial charge on any atom is -0.491 e. The van der Waals surface area contributed by atoms with Crippen molar-refractivity contribution in [3.8, 4) is 5.75 Å². The van der Waals surface area contributed by atoms with Gasteiger partial charge in [0.15, 0.2) is 0 Å². The average Bonchev–Trinajstić information content (AvgIpc) is 3.21. The summed E-state index contributed by atoms with van der Waals surface area (Å²) in [5, 5.41) is 9.93. The van der Waals surface area contributed by atoms with Gasteiger partial charge >= 0.3 is 12.1 Å². The molecule has 0 radical (unpaired) electrons. The third-order valence-corrected chi connectivity index (χ3v) is 6.91. The van der Waals surface area contributed by atoms with E-state index in [1.165, 1.54) is 17.0 Å². The normalized spacial score (nSPS) is 14.3. The van der Waals surface area contributed by atoms with Gasteiger partial charge in [-0.3, -0.25) is 24.2 Å². The zero-order valence-corrected chi connectivity index (χ0v) is 24.1. The Bertz CT molecular complexity index is 1180. The highest BCUT2D eigenvalue weighted by atomic mass is 35.5. The molecule has 7 nitrogen and oxygen atoms in total. The highest BCUT2D eigenvalue weighted by molar-refractivity contribution is 6.42. The van der Waals surface area contributed by atoms with Crippen LogP contribution in [0, 0.1) is 6.92 Å². The number of carbonyl (C=O) groups excluding carboxylic acids is 2. The molecule has 1 fully saturated rings. The third-order valence-electron chi connectivity index (χ3n) is 6.17. The molecule has 12 heteroatoms. The maximum atomic E-state index is 13.2. The molecule has 1 atom stereocenters. The number of carboxylic acid groups (broad SMARTS) is 1. The maximum absolute atomic E-state index is 13.2. The quantitative estimate of drug-likeness (QED) is 0.267. The lowest BCUT2D eigenvalue weighted by Crippen LogP contribution is -2.33. The number of amides is 2. The molecule has 1 heterocycles. The van der Waals surface area contributed by atoms with E-state index in [-0.39, 0.29) is 54.4 Å². The van der Waals surface area contributed by atoms with Crippen molar-refractivity contribution in [3.63, 3.8) is 0 Å². The number of alkyl halides is 3. The van der Waals surface area contributed by atoms with Crippen molar-refractivity contribution in [1.29, 1.82) is 0 Å². The van der Waals surface area contributed by atoms with Crippen LogP contribution in [0.2, 0.25) is 10.0 Å². The molecule has 2 aromatic rings. The van der Waals surface area contributed by atoms with Gasteiger partial charge in [0.25, 0.3) is 0 Å². The third kappa shape index (κ3) is 9.98. The summed E-state index contributed by atoms with van der Waals surface area (Å²) in [5.41, 5.74) is 1.78. The monoisotopic (exact) mass is 604 g/mol. The van der Waals surface area contributed by atoms with Crippen molar-refractivity contribution in [2.24, 2.45) is 0 Å². The first-order chi connectivity index (χ1) is 18.8. The number of hydrogen-bond donors (Lipinski definition) is 1. The van der Waals surface area contributed by atoms with Crippen LogP contribution in [0.3, 0.4) is 0 Å². The van der Waals surface area contributed by atoms with E-state index in [0.717, 1.165) is 4.90 Å². The summed E-state index contributed by atoms with van der Waals surface area (Å²) in [7, 11) is 0. The Morgan fingerprint density at radius 1 is 1.07 bits per heavy atom. The molecule has 0 bridgehead atoms. The Kier molecular flexibility index (Phi) is 12.7. The Balaban J connectivity index is 0.00000274. The van der Waals surface area contributed by atoms with Crippen molar-refractivity contribution in [2.45, 2.75) is 65.2 Å². The Labute approximate surface area is 241 Å². The van der Waals surface area contributed by atoms with Gasteiger partial charge < -0.3 is 9.84 Å². The summed E-state index contributed by atoms with van der Waals surface area (Å²) in [6.45, 7) is 5.60. The number of carbonyl (C=O) groups is 3. The first kappa shape index (κ1) is 33.4. The fourth-order valence-corrected chi connectivity index (χ4v) is 4.59. The van der Waals surface area contributed by atoms with Crippen molar-refractivity contribution < 1.29 is 37.4 Å². The van der Waals surface area contributed by atoms with Crippen LogP contribution < -0.4 is 4.74 Å². The molecule has 220 valence electrons. The van der Waals surface area contributed by atoms with Crippen LogP contribution in [0.5, 0.6) is 5.75 Å². The summed E-state index contributed by atoms with van der Waals surface area (Å²) < 4.78 is 45.2. The van der Waals surface area contributed by atoms with E-state index in [2.05, 4.69) is 0 Å². The lowest BCUT2D eigenvalue weighted by Gasteiger charge is -2.32. The second kappa shape index (κ2) is 15.3. The Hall–Kier alpha value is -2.82. The fraction of sp³-hybridized carbons (Fsp3) is 0.464. The fourth-order valence-electron chi connectivity index (χ4n) is 4.28. The van der Waals surface area contributed by atoms with Crippen LogP contribution in [-0.4, -0.2) is 58.6 Å². The summed E-state index contributed by atoms with van der Waals surface area (Å²) in [6, 6.07) is 8.70. The number of aryl methyl sites for hydroxylation is 1. The van der Waals surface area contributed by atoms with Crippen LogP contribution in [-0.2, 0) is 20.9 Å². The second-order valence-electron chi connectivity index (χ2n) is 9.01. The number of halogens is 5. The first-order valence-electron chi connectivity index (χ1n) is 12.9. The molecule has 2 aromatic carbocycles. The van der Waals surface area contributed by atoms with Crippen molar-refractivity contribution in [2.75, 3.05) is 19.7 Å². The van der Waals surface area contributed by atoms with Crippen molar-refractivity contribution in [3.05, 3.63) is 63.1 Å². The number of benzene rings is 2.